The second-order valence-corrected chi connectivity index (χ2v) is 4.63. The Hall–Kier alpha value is -2.69. The molecule has 0 amide bonds. The van der Waals surface area contributed by atoms with E-state index in [4.69, 9.17) is 4.74 Å². The molecule has 0 aliphatic heterocycles. The van der Waals surface area contributed by atoms with Gasteiger partial charge < -0.3 is 4.74 Å². The maximum atomic E-state index is 11.4. The van der Waals surface area contributed by atoms with Gasteiger partial charge in [0.15, 0.2) is 0 Å². The molecule has 0 spiro atoms. The van der Waals surface area contributed by atoms with Gasteiger partial charge in [0.05, 0.1) is 18.7 Å². The van der Waals surface area contributed by atoms with E-state index in [0.717, 1.165) is 16.8 Å². The van der Waals surface area contributed by atoms with Crippen molar-refractivity contribution in [1.29, 1.82) is 0 Å². The Balaban J connectivity index is 1.81. The topological polar surface area (TPSA) is 56.5 Å². The van der Waals surface area contributed by atoms with Gasteiger partial charge in [0.2, 0.25) is 5.78 Å². The van der Waals surface area contributed by atoms with Gasteiger partial charge in [0, 0.05) is 24.2 Å². The summed E-state index contributed by atoms with van der Waals surface area (Å²) in [5, 5.41) is 0. The molecule has 21 heavy (non-hydrogen) atoms. The summed E-state index contributed by atoms with van der Waals surface area (Å²) < 4.78 is 6.81. The molecule has 0 radical (unpaired) electrons. The standard InChI is InChI=1S/C16H15N3O2/c1-2-21-15(20)10-12-4-6-13(7-5-12)14-11-19-9-3-8-17-16(19)18-14/h3-9,11H,2,10H2,1H3. The molecular formula is C16H15N3O2. The zero-order chi connectivity index (χ0) is 14.7. The number of fused-ring (bicyclic) bond motifs is 1. The zero-order valence-corrected chi connectivity index (χ0v) is 11.7. The first kappa shape index (κ1) is 13.3. The Morgan fingerprint density at radius 3 is 2.81 bits per heavy atom. The number of rotatable bonds is 4. The Labute approximate surface area is 122 Å². The molecule has 2 aromatic heterocycles. The van der Waals surface area contributed by atoms with Gasteiger partial charge in [-0.05, 0) is 18.6 Å². The molecule has 3 rings (SSSR count). The first-order valence-electron chi connectivity index (χ1n) is 6.81. The maximum Gasteiger partial charge on any atom is 0.310 e. The number of imidazole rings is 1. The van der Waals surface area contributed by atoms with Crippen molar-refractivity contribution in [2.75, 3.05) is 6.61 Å². The fourth-order valence-electron chi connectivity index (χ4n) is 2.14. The number of benzene rings is 1. The number of esters is 1. The third kappa shape index (κ3) is 2.91. The Morgan fingerprint density at radius 1 is 1.29 bits per heavy atom. The summed E-state index contributed by atoms with van der Waals surface area (Å²) in [6.45, 7) is 2.21. The number of ether oxygens (including phenoxy) is 1. The molecule has 0 atom stereocenters. The molecule has 2 heterocycles. The number of nitrogens with zero attached hydrogens (tertiary/aromatic N) is 3. The van der Waals surface area contributed by atoms with E-state index in [2.05, 4.69) is 9.97 Å². The highest BCUT2D eigenvalue weighted by molar-refractivity contribution is 5.73. The van der Waals surface area contributed by atoms with Crippen LogP contribution < -0.4 is 0 Å². The molecule has 0 saturated carbocycles. The number of hydrogen-bond acceptors (Lipinski definition) is 4. The quantitative estimate of drug-likeness (QED) is 0.689. The van der Waals surface area contributed by atoms with Gasteiger partial charge in [-0.25, -0.2) is 9.97 Å². The Bertz CT molecular complexity index is 730. The summed E-state index contributed by atoms with van der Waals surface area (Å²) in [6, 6.07) is 9.61. The smallest absolute Gasteiger partial charge is 0.310 e. The van der Waals surface area contributed by atoms with Crippen molar-refractivity contribution in [1.82, 2.24) is 14.4 Å². The molecular weight excluding hydrogens is 266 g/mol. The van der Waals surface area contributed by atoms with Gasteiger partial charge in [0.25, 0.3) is 0 Å². The van der Waals surface area contributed by atoms with E-state index >= 15 is 0 Å². The molecule has 0 aliphatic carbocycles. The minimum absolute atomic E-state index is 0.206. The van der Waals surface area contributed by atoms with E-state index in [1.165, 1.54) is 0 Å². The minimum atomic E-state index is -0.206. The van der Waals surface area contributed by atoms with Gasteiger partial charge in [-0.2, -0.15) is 0 Å². The second kappa shape index (κ2) is 5.75. The Morgan fingerprint density at radius 2 is 2.10 bits per heavy atom. The van der Waals surface area contributed by atoms with Gasteiger partial charge in [-0.15, -0.1) is 0 Å². The molecule has 0 unspecified atom stereocenters. The average Bonchev–Trinajstić information content (AvgIpc) is 2.92. The highest BCUT2D eigenvalue weighted by Gasteiger charge is 2.07. The second-order valence-electron chi connectivity index (χ2n) is 4.63. The summed E-state index contributed by atoms with van der Waals surface area (Å²) in [6.07, 6.45) is 5.85. The average molecular weight is 281 g/mol. The van der Waals surface area contributed by atoms with Crippen LogP contribution in [0.1, 0.15) is 12.5 Å². The highest BCUT2D eigenvalue weighted by atomic mass is 16.5. The molecule has 0 N–H and O–H groups in total. The van der Waals surface area contributed by atoms with Crippen LogP contribution in [0.15, 0.2) is 48.9 Å². The van der Waals surface area contributed by atoms with E-state index in [9.17, 15) is 4.79 Å². The van der Waals surface area contributed by atoms with Crippen molar-refractivity contribution < 1.29 is 9.53 Å². The van der Waals surface area contributed by atoms with Crippen LogP contribution in [0.5, 0.6) is 0 Å². The third-order valence-electron chi connectivity index (χ3n) is 3.14. The molecule has 0 fully saturated rings. The summed E-state index contributed by atoms with van der Waals surface area (Å²) in [5.41, 5.74) is 2.78. The van der Waals surface area contributed by atoms with Crippen molar-refractivity contribution in [2.45, 2.75) is 13.3 Å². The van der Waals surface area contributed by atoms with Crippen LogP contribution in [-0.4, -0.2) is 26.9 Å². The van der Waals surface area contributed by atoms with Crippen LogP contribution in [0.4, 0.5) is 0 Å². The van der Waals surface area contributed by atoms with E-state index in [1.54, 1.807) is 13.1 Å². The summed E-state index contributed by atoms with van der Waals surface area (Å²) >= 11 is 0. The van der Waals surface area contributed by atoms with Crippen molar-refractivity contribution in [3.8, 4) is 11.3 Å². The summed E-state index contributed by atoms with van der Waals surface area (Å²) in [5.74, 6) is 0.463. The lowest BCUT2D eigenvalue weighted by Gasteiger charge is -2.03. The highest BCUT2D eigenvalue weighted by Crippen LogP contribution is 2.19. The molecule has 5 nitrogen and oxygen atoms in total. The molecule has 0 aliphatic rings. The zero-order valence-electron chi connectivity index (χ0n) is 11.7. The lowest BCUT2D eigenvalue weighted by molar-refractivity contribution is -0.142. The lowest BCUT2D eigenvalue weighted by Crippen LogP contribution is -2.07. The van der Waals surface area contributed by atoms with Gasteiger partial charge in [0.1, 0.15) is 0 Å². The van der Waals surface area contributed by atoms with Gasteiger partial charge in [-0.3, -0.25) is 9.20 Å². The monoisotopic (exact) mass is 281 g/mol. The van der Waals surface area contributed by atoms with Crippen LogP contribution in [0, 0.1) is 0 Å². The first-order chi connectivity index (χ1) is 10.3. The van der Waals surface area contributed by atoms with Crippen molar-refractivity contribution >= 4 is 11.7 Å². The van der Waals surface area contributed by atoms with Crippen LogP contribution in [0.25, 0.3) is 17.0 Å². The van der Waals surface area contributed by atoms with Gasteiger partial charge in [-0.1, -0.05) is 24.3 Å². The SMILES string of the molecule is CCOC(=O)Cc1ccc(-c2cn3cccnc3n2)cc1. The molecule has 106 valence electrons. The fraction of sp³-hybridized carbons (Fsp3) is 0.188. The third-order valence-corrected chi connectivity index (χ3v) is 3.14. The maximum absolute atomic E-state index is 11.4. The fourth-order valence-corrected chi connectivity index (χ4v) is 2.14. The van der Waals surface area contributed by atoms with Crippen LogP contribution in [-0.2, 0) is 16.0 Å². The summed E-state index contributed by atoms with van der Waals surface area (Å²) in [7, 11) is 0. The number of aromatic nitrogens is 3. The van der Waals surface area contributed by atoms with Crippen LogP contribution in [0.3, 0.4) is 0 Å². The largest absolute Gasteiger partial charge is 0.466 e. The van der Waals surface area contributed by atoms with Crippen LogP contribution in [0.2, 0.25) is 0 Å². The number of carbonyl (C=O) groups is 1. The molecule has 3 aromatic rings. The number of carbonyl (C=O) groups excluding carboxylic acids is 1. The lowest BCUT2D eigenvalue weighted by atomic mass is 10.1. The normalized spacial score (nSPS) is 10.7. The first-order valence-corrected chi connectivity index (χ1v) is 6.81. The van der Waals surface area contributed by atoms with Crippen LogP contribution >= 0.6 is 0 Å². The molecule has 1 aromatic carbocycles. The van der Waals surface area contributed by atoms with Crippen molar-refractivity contribution in [2.24, 2.45) is 0 Å². The van der Waals surface area contributed by atoms with Crippen molar-refractivity contribution in [3.63, 3.8) is 0 Å². The minimum Gasteiger partial charge on any atom is -0.466 e. The summed E-state index contributed by atoms with van der Waals surface area (Å²) in [4.78, 5) is 20.1. The predicted octanol–water partition coefficient (Wildman–Crippen LogP) is 2.50. The van der Waals surface area contributed by atoms with E-state index in [0.29, 0.717) is 18.8 Å². The molecule has 0 saturated heterocycles. The van der Waals surface area contributed by atoms with E-state index < -0.39 is 0 Å². The predicted molar refractivity (Wildman–Crippen MR) is 78.8 cm³/mol. The van der Waals surface area contributed by atoms with Gasteiger partial charge >= 0.3 is 5.97 Å². The number of hydrogen-bond donors (Lipinski definition) is 0. The van der Waals surface area contributed by atoms with E-state index in [-0.39, 0.29) is 5.97 Å². The Kier molecular flexibility index (Phi) is 3.64. The molecule has 5 heteroatoms. The molecule has 0 bridgehead atoms. The van der Waals surface area contributed by atoms with Crippen molar-refractivity contribution in [3.05, 3.63) is 54.5 Å². The van der Waals surface area contributed by atoms with E-state index in [1.807, 2.05) is 47.1 Å².